The molecule has 0 radical (unpaired) electrons. The van der Waals surface area contributed by atoms with E-state index in [1.165, 1.54) is 23.7 Å². The summed E-state index contributed by atoms with van der Waals surface area (Å²) in [5.41, 5.74) is 0.0819. The van der Waals surface area contributed by atoms with Gasteiger partial charge in [0.15, 0.2) is 17.9 Å². The topological polar surface area (TPSA) is 48.3 Å². The highest BCUT2D eigenvalue weighted by molar-refractivity contribution is 5.85. The average molecular weight is 263 g/mol. The van der Waals surface area contributed by atoms with E-state index in [0.29, 0.717) is 17.2 Å². The molecule has 0 aliphatic rings. The van der Waals surface area contributed by atoms with E-state index in [-0.39, 0.29) is 17.9 Å². The first-order chi connectivity index (χ1) is 9.15. The monoisotopic (exact) mass is 263 g/mol. The van der Waals surface area contributed by atoms with E-state index in [2.05, 4.69) is 13.2 Å². The van der Waals surface area contributed by atoms with Crippen molar-refractivity contribution < 1.29 is 13.9 Å². The number of aryl methyl sites for hydroxylation is 1. The summed E-state index contributed by atoms with van der Waals surface area (Å²) >= 11 is 0. The van der Waals surface area contributed by atoms with Crippen LogP contribution in [0, 0.1) is 5.82 Å². The minimum absolute atomic E-state index is 0.0743. The quantitative estimate of drug-likeness (QED) is 0.629. The number of pyridine rings is 1. The van der Waals surface area contributed by atoms with Crippen molar-refractivity contribution in [3.63, 3.8) is 0 Å². The molecule has 19 heavy (non-hydrogen) atoms. The molecule has 5 heteroatoms. The van der Waals surface area contributed by atoms with E-state index in [0.717, 1.165) is 0 Å². The predicted molar refractivity (Wildman–Crippen MR) is 72.0 cm³/mol. The number of ether oxygens (including phenoxy) is 1. The van der Waals surface area contributed by atoms with Gasteiger partial charge in [-0.15, -0.1) is 13.2 Å². The Balaban J connectivity index is 0.000000861. The van der Waals surface area contributed by atoms with Crippen LogP contribution >= 0.6 is 0 Å². The second kappa shape index (κ2) is 6.49. The smallest absolute Gasteiger partial charge is 0.250 e. The molecular weight excluding hydrogens is 249 g/mol. The fourth-order valence-corrected chi connectivity index (χ4v) is 1.68. The van der Waals surface area contributed by atoms with Crippen molar-refractivity contribution in [3.8, 4) is 5.75 Å². The van der Waals surface area contributed by atoms with Gasteiger partial charge in [0.05, 0.1) is 5.52 Å². The summed E-state index contributed by atoms with van der Waals surface area (Å²) in [5.74, 6) is -0.671. The van der Waals surface area contributed by atoms with Gasteiger partial charge in [0.1, 0.15) is 6.61 Å². The van der Waals surface area contributed by atoms with Gasteiger partial charge in [-0.1, -0.05) is 0 Å². The van der Waals surface area contributed by atoms with E-state index in [1.807, 2.05) is 0 Å². The molecule has 1 aromatic carbocycles. The molecule has 1 aromatic heterocycles. The van der Waals surface area contributed by atoms with Crippen molar-refractivity contribution >= 4 is 17.2 Å². The largest absolute Gasteiger partial charge is 0.481 e. The molecule has 2 rings (SSSR count). The molecular formula is C14H14FNO3. The fraction of sp³-hybridized carbons (Fsp3) is 0.143. The number of fused-ring (bicyclic) bond motifs is 1. The van der Waals surface area contributed by atoms with Crippen LogP contribution in [0.3, 0.4) is 0 Å². The van der Waals surface area contributed by atoms with Crippen LogP contribution in [0.1, 0.15) is 0 Å². The highest BCUT2D eigenvalue weighted by Gasteiger charge is 2.12. The zero-order valence-electron chi connectivity index (χ0n) is 10.6. The third-order valence-electron chi connectivity index (χ3n) is 2.48. The molecule has 0 saturated carbocycles. The Bertz CT molecular complexity index is 649. The second-order valence-electron chi connectivity index (χ2n) is 3.52. The summed E-state index contributed by atoms with van der Waals surface area (Å²) in [6, 6.07) is 5.78. The molecule has 100 valence electrons. The number of rotatable bonds is 3. The normalized spacial score (nSPS) is 9.58. The molecule has 0 N–H and O–H groups in total. The maximum absolute atomic E-state index is 13.6. The molecule has 0 spiro atoms. The number of aromatic nitrogens is 1. The third-order valence-corrected chi connectivity index (χ3v) is 2.48. The highest BCUT2D eigenvalue weighted by atomic mass is 19.1. The van der Waals surface area contributed by atoms with Crippen molar-refractivity contribution in [2.75, 3.05) is 6.61 Å². The molecule has 0 unspecified atom stereocenters. The van der Waals surface area contributed by atoms with Crippen LogP contribution in [0.4, 0.5) is 4.39 Å². The number of hydrogen-bond acceptors (Lipinski definition) is 3. The van der Waals surface area contributed by atoms with Gasteiger partial charge in [0.2, 0.25) is 0 Å². The lowest BCUT2D eigenvalue weighted by atomic mass is 10.2. The molecule has 0 fully saturated rings. The van der Waals surface area contributed by atoms with Crippen molar-refractivity contribution in [2.24, 2.45) is 7.05 Å². The standard InChI is InChI=1S/C12H10FNO3.C2H4/c1-14-10(16)5-3-8-2-4-9(13)12(11(8)14)17-7-6-15;1-2/h2-6H,7H2,1H3;1-2H2. The molecule has 0 bridgehead atoms. The SMILES string of the molecule is C=C.Cn1c(=O)ccc2ccc(F)c(OCC=O)c21. The Labute approximate surface area is 109 Å². The number of hydrogen-bond donors (Lipinski definition) is 0. The van der Waals surface area contributed by atoms with Crippen LogP contribution in [-0.2, 0) is 11.8 Å². The fourth-order valence-electron chi connectivity index (χ4n) is 1.68. The van der Waals surface area contributed by atoms with Crippen LogP contribution in [0.5, 0.6) is 5.75 Å². The summed E-state index contributed by atoms with van der Waals surface area (Å²) in [6.07, 6.45) is 0.527. The third kappa shape index (κ3) is 2.88. The van der Waals surface area contributed by atoms with Crippen molar-refractivity contribution in [1.82, 2.24) is 4.57 Å². The Kier molecular flexibility index (Phi) is 5.00. The number of carbonyl (C=O) groups excluding carboxylic acids is 1. The maximum Gasteiger partial charge on any atom is 0.250 e. The zero-order chi connectivity index (χ0) is 14.4. The number of nitrogens with zero attached hydrogens (tertiary/aromatic N) is 1. The summed E-state index contributed by atoms with van der Waals surface area (Å²) in [5, 5.41) is 0.675. The van der Waals surface area contributed by atoms with E-state index >= 15 is 0 Å². The van der Waals surface area contributed by atoms with E-state index in [9.17, 15) is 14.0 Å². The van der Waals surface area contributed by atoms with Gasteiger partial charge >= 0.3 is 0 Å². The van der Waals surface area contributed by atoms with Gasteiger partial charge in [-0.2, -0.15) is 0 Å². The van der Waals surface area contributed by atoms with Gasteiger partial charge in [-0.25, -0.2) is 4.39 Å². The molecule has 0 aliphatic carbocycles. The first-order valence-electron chi connectivity index (χ1n) is 5.50. The Morgan fingerprint density at radius 2 is 1.95 bits per heavy atom. The van der Waals surface area contributed by atoms with Crippen LogP contribution in [0.15, 0.2) is 42.2 Å². The molecule has 4 nitrogen and oxygen atoms in total. The summed E-state index contributed by atoms with van der Waals surface area (Å²) in [6.45, 7) is 5.75. The van der Waals surface area contributed by atoms with E-state index in [1.54, 1.807) is 12.1 Å². The zero-order valence-corrected chi connectivity index (χ0v) is 10.6. The van der Waals surface area contributed by atoms with Crippen LogP contribution in [0.25, 0.3) is 10.9 Å². The van der Waals surface area contributed by atoms with Crippen molar-refractivity contribution in [2.45, 2.75) is 0 Å². The number of halogens is 1. The summed E-state index contributed by atoms with van der Waals surface area (Å²) in [4.78, 5) is 21.7. The molecule has 2 aromatic rings. The van der Waals surface area contributed by atoms with Crippen molar-refractivity contribution in [3.05, 3.63) is 53.6 Å². The Morgan fingerprint density at radius 3 is 2.58 bits per heavy atom. The Morgan fingerprint density at radius 1 is 1.32 bits per heavy atom. The van der Waals surface area contributed by atoms with Crippen LogP contribution in [0.2, 0.25) is 0 Å². The summed E-state index contributed by atoms with van der Waals surface area (Å²) in [7, 11) is 1.53. The lowest BCUT2D eigenvalue weighted by molar-refractivity contribution is -0.109. The maximum atomic E-state index is 13.6. The van der Waals surface area contributed by atoms with Gasteiger partial charge < -0.3 is 9.30 Å². The Hall–Kier alpha value is -2.43. The first-order valence-corrected chi connectivity index (χ1v) is 5.50. The van der Waals surface area contributed by atoms with Crippen LogP contribution < -0.4 is 10.3 Å². The number of aldehydes is 1. The lowest BCUT2D eigenvalue weighted by Gasteiger charge is -2.11. The van der Waals surface area contributed by atoms with E-state index in [4.69, 9.17) is 4.74 Å². The number of benzene rings is 1. The van der Waals surface area contributed by atoms with Gasteiger partial charge in [0, 0.05) is 18.5 Å². The molecule has 0 amide bonds. The van der Waals surface area contributed by atoms with Gasteiger partial charge in [-0.3, -0.25) is 9.59 Å². The number of carbonyl (C=O) groups is 1. The molecule has 0 aliphatic heterocycles. The summed E-state index contributed by atoms with van der Waals surface area (Å²) < 4.78 is 19.9. The first kappa shape index (κ1) is 14.6. The van der Waals surface area contributed by atoms with Gasteiger partial charge in [0.25, 0.3) is 5.56 Å². The molecule has 1 heterocycles. The average Bonchev–Trinajstić information content (AvgIpc) is 2.44. The lowest BCUT2D eigenvalue weighted by Crippen LogP contribution is -2.16. The van der Waals surface area contributed by atoms with Crippen molar-refractivity contribution in [1.29, 1.82) is 0 Å². The van der Waals surface area contributed by atoms with Gasteiger partial charge in [-0.05, 0) is 18.2 Å². The van der Waals surface area contributed by atoms with Crippen LogP contribution in [-0.4, -0.2) is 17.5 Å². The molecule has 0 saturated heterocycles. The minimum atomic E-state index is -0.597. The minimum Gasteiger partial charge on any atom is -0.481 e. The second-order valence-corrected chi connectivity index (χ2v) is 3.52. The van der Waals surface area contributed by atoms with E-state index < -0.39 is 5.82 Å². The predicted octanol–water partition coefficient (Wildman–Crippen LogP) is 2.06. The molecule has 0 atom stereocenters. The highest BCUT2D eigenvalue weighted by Crippen LogP contribution is 2.27.